The SMILES string of the molecule is Nc1nc2ccc(C(=O)N3CCC[C@H](O)C3)cc2s1. The fourth-order valence-electron chi connectivity index (χ4n) is 2.40. The number of hydrogen-bond donors (Lipinski definition) is 2. The molecule has 1 aliphatic rings. The Morgan fingerprint density at radius 1 is 1.53 bits per heavy atom. The van der Waals surface area contributed by atoms with Crippen LogP contribution in [0.5, 0.6) is 0 Å². The molecule has 0 spiro atoms. The Morgan fingerprint density at radius 3 is 3.16 bits per heavy atom. The molecule has 2 heterocycles. The van der Waals surface area contributed by atoms with Crippen LogP contribution in [-0.4, -0.2) is 40.1 Å². The number of carbonyl (C=O) groups excluding carboxylic acids is 1. The van der Waals surface area contributed by atoms with Crippen LogP contribution in [0.2, 0.25) is 0 Å². The number of nitrogens with zero attached hydrogens (tertiary/aromatic N) is 2. The number of fused-ring (bicyclic) bond motifs is 1. The number of aromatic nitrogens is 1. The summed E-state index contributed by atoms with van der Waals surface area (Å²) >= 11 is 1.38. The van der Waals surface area contributed by atoms with E-state index in [9.17, 15) is 9.90 Å². The molecule has 2 aromatic rings. The lowest BCUT2D eigenvalue weighted by Gasteiger charge is -2.30. The molecule has 1 atom stereocenters. The summed E-state index contributed by atoms with van der Waals surface area (Å²) in [4.78, 5) is 18.2. The van der Waals surface area contributed by atoms with Gasteiger partial charge < -0.3 is 15.7 Å². The van der Waals surface area contributed by atoms with Crippen molar-refractivity contribution in [3.05, 3.63) is 23.8 Å². The van der Waals surface area contributed by atoms with E-state index in [1.807, 2.05) is 12.1 Å². The van der Waals surface area contributed by atoms with Crippen LogP contribution in [0.3, 0.4) is 0 Å². The van der Waals surface area contributed by atoms with Crippen molar-refractivity contribution in [1.82, 2.24) is 9.88 Å². The van der Waals surface area contributed by atoms with Crippen molar-refractivity contribution < 1.29 is 9.90 Å². The van der Waals surface area contributed by atoms with Gasteiger partial charge in [-0.3, -0.25) is 4.79 Å². The molecule has 6 heteroatoms. The largest absolute Gasteiger partial charge is 0.391 e. The van der Waals surface area contributed by atoms with Gasteiger partial charge in [0, 0.05) is 18.7 Å². The molecule has 0 aliphatic carbocycles. The Balaban J connectivity index is 1.88. The number of hydrogen-bond acceptors (Lipinski definition) is 5. The van der Waals surface area contributed by atoms with E-state index in [1.165, 1.54) is 11.3 Å². The molecule has 5 nitrogen and oxygen atoms in total. The van der Waals surface area contributed by atoms with E-state index in [1.54, 1.807) is 11.0 Å². The summed E-state index contributed by atoms with van der Waals surface area (Å²) in [6.07, 6.45) is 1.22. The van der Waals surface area contributed by atoms with Gasteiger partial charge >= 0.3 is 0 Å². The highest BCUT2D eigenvalue weighted by Crippen LogP contribution is 2.25. The van der Waals surface area contributed by atoms with Gasteiger partial charge in [-0.25, -0.2) is 4.98 Å². The highest BCUT2D eigenvalue weighted by molar-refractivity contribution is 7.22. The van der Waals surface area contributed by atoms with Crippen molar-refractivity contribution in [3.8, 4) is 0 Å². The maximum absolute atomic E-state index is 12.4. The maximum atomic E-state index is 12.4. The molecule has 1 aromatic carbocycles. The van der Waals surface area contributed by atoms with Crippen molar-refractivity contribution in [3.63, 3.8) is 0 Å². The van der Waals surface area contributed by atoms with Gasteiger partial charge in [0.15, 0.2) is 5.13 Å². The van der Waals surface area contributed by atoms with Gasteiger partial charge in [0.25, 0.3) is 5.91 Å². The third-order valence-corrected chi connectivity index (χ3v) is 4.18. The number of amides is 1. The summed E-state index contributed by atoms with van der Waals surface area (Å²) < 4.78 is 0.918. The number of nitrogens with two attached hydrogens (primary N) is 1. The zero-order valence-corrected chi connectivity index (χ0v) is 11.2. The Bertz CT molecular complexity index is 625. The van der Waals surface area contributed by atoms with Gasteiger partial charge in [0.2, 0.25) is 0 Å². The Hall–Kier alpha value is -1.66. The number of anilines is 1. The maximum Gasteiger partial charge on any atom is 0.253 e. The molecule has 1 aliphatic heterocycles. The number of rotatable bonds is 1. The van der Waals surface area contributed by atoms with Crippen LogP contribution in [0.25, 0.3) is 10.2 Å². The summed E-state index contributed by atoms with van der Waals surface area (Å²) in [5.41, 5.74) is 7.10. The average molecular weight is 277 g/mol. The highest BCUT2D eigenvalue weighted by atomic mass is 32.1. The monoisotopic (exact) mass is 277 g/mol. The van der Waals surface area contributed by atoms with Crippen LogP contribution < -0.4 is 5.73 Å². The van der Waals surface area contributed by atoms with Gasteiger partial charge in [-0.05, 0) is 31.0 Å². The number of benzene rings is 1. The first-order valence-corrected chi connectivity index (χ1v) is 7.08. The molecule has 0 bridgehead atoms. The quantitative estimate of drug-likeness (QED) is 0.827. The Morgan fingerprint density at radius 2 is 2.37 bits per heavy atom. The summed E-state index contributed by atoms with van der Waals surface area (Å²) in [6.45, 7) is 1.13. The number of likely N-dealkylation sites (tertiary alicyclic amines) is 1. The molecule has 1 amide bonds. The van der Waals surface area contributed by atoms with Crippen molar-refractivity contribution in [2.24, 2.45) is 0 Å². The first kappa shape index (κ1) is 12.4. The van der Waals surface area contributed by atoms with Crippen LogP contribution in [-0.2, 0) is 0 Å². The predicted molar refractivity (Wildman–Crippen MR) is 75.2 cm³/mol. The first-order valence-electron chi connectivity index (χ1n) is 6.27. The second kappa shape index (κ2) is 4.79. The molecule has 3 N–H and O–H groups in total. The highest BCUT2D eigenvalue weighted by Gasteiger charge is 2.23. The molecule has 100 valence electrons. The van der Waals surface area contributed by atoms with Crippen LogP contribution in [0.4, 0.5) is 5.13 Å². The molecule has 3 rings (SSSR count). The molecular formula is C13H15N3O2S. The third kappa shape index (κ3) is 2.41. The minimum Gasteiger partial charge on any atom is -0.391 e. The Labute approximate surface area is 114 Å². The number of piperidine rings is 1. The first-order chi connectivity index (χ1) is 9.13. The van der Waals surface area contributed by atoms with Gasteiger partial charge in [-0.15, -0.1) is 0 Å². The van der Waals surface area contributed by atoms with Crippen LogP contribution in [0.15, 0.2) is 18.2 Å². The number of aliphatic hydroxyl groups is 1. The zero-order chi connectivity index (χ0) is 13.4. The van der Waals surface area contributed by atoms with Gasteiger partial charge in [0.1, 0.15) is 0 Å². The van der Waals surface area contributed by atoms with Gasteiger partial charge in [-0.1, -0.05) is 11.3 Å². The Kier molecular flexibility index (Phi) is 3.12. The van der Waals surface area contributed by atoms with E-state index in [-0.39, 0.29) is 5.91 Å². The number of carbonyl (C=O) groups is 1. The topological polar surface area (TPSA) is 79.5 Å². The lowest BCUT2D eigenvalue weighted by atomic mass is 10.1. The van der Waals surface area contributed by atoms with E-state index >= 15 is 0 Å². The number of thiazole rings is 1. The number of nitrogen functional groups attached to an aromatic ring is 1. The standard InChI is InChI=1S/C13H15N3O2S/c14-13-15-10-4-3-8(6-11(10)19-13)12(18)16-5-1-2-9(17)7-16/h3-4,6,9,17H,1-2,5,7H2,(H2,14,15)/t9-/m0/s1. The second-order valence-corrected chi connectivity index (χ2v) is 5.84. The van der Waals surface area contributed by atoms with Gasteiger partial charge in [-0.2, -0.15) is 0 Å². The second-order valence-electron chi connectivity index (χ2n) is 4.78. The third-order valence-electron chi connectivity index (χ3n) is 3.34. The van der Waals surface area contributed by atoms with E-state index in [0.29, 0.717) is 23.8 Å². The normalized spacial score (nSPS) is 19.8. The van der Waals surface area contributed by atoms with Crippen molar-refractivity contribution in [2.75, 3.05) is 18.8 Å². The molecule has 19 heavy (non-hydrogen) atoms. The molecule has 0 radical (unpaired) electrons. The molecule has 1 saturated heterocycles. The summed E-state index contributed by atoms with van der Waals surface area (Å²) in [7, 11) is 0. The van der Waals surface area contributed by atoms with Crippen molar-refractivity contribution in [1.29, 1.82) is 0 Å². The molecule has 0 saturated carbocycles. The lowest BCUT2D eigenvalue weighted by molar-refractivity contribution is 0.0474. The molecule has 1 aromatic heterocycles. The van der Waals surface area contributed by atoms with Crippen LogP contribution in [0.1, 0.15) is 23.2 Å². The molecular weight excluding hydrogens is 262 g/mol. The van der Waals surface area contributed by atoms with E-state index in [0.717, 1.165) is 23.1 Å². The fourth-order valence-corrected chi connectivity index (χ4v) is 3.17. The minimum atomic E-state index is -0.402. The van der Waals surface area contributed by atoms with Crippen LogP contribution in [0, 0.1) is 0 Å². The van der Waals surface area contributed by atoms with E-state index in [2.05, 4.69) is 4.98 Å². The lowest BCUT2D eigenvalue weighted by Crippen LogP contribution is -2.42. The smallest absolute Gasteiger partial charge is 0.253 e. The zero-order valence-electron chi connectivity index (χ0n) is 10.4. The average Bonchev–Trinajstić information content (AvgIpc) is 2.76. The predicted octanol–water partition coefficient (Wildman–Crippen LogP) is 1.48. The van der Waals surface area contributed by atoms with E-state index < -0.39 is 6.10 Å². The van der Waals surface area contributed by atoms with Crippen molar-refractivity contribution >= 4 is 32.6 Å². The summed E-state index contributed by atoms with van der Waals surface area (Å²) in [5, 5.41) is 10.1. The van der Waals surface area contributed by atoms with E-state index in [4.69, 9.17) is 5.73 Å². The van der Waals surface area contributed by atoms with Crippen molar-refractivity contribution in [2.45, 2.75) is 18.9 Å². The minimum absolute atomic E-state index is 0.0346. The molecule has 0 unspecified atom stereocenters. The summed E-state index contributed by atoms with van der Waals surface area (Å²) in [6, 6.07) is 5.41. The molecule has 1 fully saturated rings. The summed E-state index contributed by atoms with van der Waals surface area (Å²) in [5.74, 6) is -0.0346. The van der Waals surface area contributed by atoms with Crippen LogP contribution >= 0.6 is 11.3 Å². The number of β-amino-alcohol motifs (C(OH)–C–C–N with tert-alkyl or cyclic N) is 1. The fraction of sp³-hybridized carbons (Fsp3) is 0.385. The number of aliphatic hydroxyl groups excluding tert-OH is 1. The van der Waals surface area contributed by atoms with Gasteiger partial charge in [0.05, 0.1) is 16.3 Å².